The van der Waals surface area contributed by atoms with Crippen molar-refractivity contribution in [2.75, 3.05) is 6.61 Å². The number of nitrogens with one attached hydrogen (secondary N) is 1. The largest absolute Gasteiger partial charge is 0.394 e. The van der Waals surface area contributed by atoms with Gasteiger partial charge in [0.15, 0.2) is 0 Å². The van der Waals surface area contributed by atoms with Gasteiger partial charge in [0, 0.05) is 6.42 Å². The molecule has 0 rings (SSSR count). The van der Waals surface area contributed by atoms with Gasteiger partial charge in [-0.1, -0.05) is 63.8 Å². The number of carbonyl (C=O) groups excluding carboxylic acids is 1. The van der Waals surface area contributed by atoms with Crippen LogP contribution in [0.25, 0.3) is 0 Å². The van der Waals surface area contributed by atoms with E-state index >= 15 is 0 Å². The summed E-state index contributed by atoms with van der Waals surface area (Å²) in [5.41, 5.74) is 0. The molecule has 0 radical (unpaired) electrons. The first-order valence-corrected chi connectivity index (χ1v) is 9.55. The normalized spacial score (nSPS) is 14.3. The molecule has 4 nitrogen and oxygen atoms in total. The molecule has 0 bridgehead atoms. The SMILES string of the molecule is CCCCCCC/C=C/CC/C=C/C(O)C(CO)NC(=O)CCC. The van der Waals surface area contributed by atoms with Gasteiger partial charge in [0.1, 0.15) is 0 Å². The van der Waals surface area contributed by atoms with E-state index in [0.717, 1.165) is 25.7 Å². The number of hydrogen-bond donors (Lipinski definition) is 3. The van der Waals surface area contributed by atoms with Crippen molar-refractivity contribution in [2.45, 2.75) is 90.2 Å². The summed E-state index contributed by atoms with van der Waals surface area (Å²) < 4.78 is 0. The number of amides is 1. The van der Waals surface area contributed by atoms with Crippen molar-refractivity contribution in [3.63, 3.8) is 0 Å². The van der Waals surface area contributed by atoms with Crippen molar-refractivity contribution in [2.24, 2.45) is 0 Å². The first-order valence-electron chi connectivity index (χ1n) is 9.55. The molecule has 0 fully saturated rings. The number of rotatable bonds is 15. The third-order valence-corrected chi connectivity index (χ3v) is 3.91. The number of carbonyl (C=O) groups is 1. The van der Waals surface area contributed by atoms with Crippen LogP contribution in [0.1, 0.15) is 78.1 Å². The van der Waals surface area contributed by atoms with E-state index in [-0.39, 0.29) is 12.5 Å². The summed E-state index contributed by atoms with van der Waals surface area (Å²) in [7, 11) is 0. The van der Waals surface area contributed by atoms with Gasteiger partial charge in [-0.05, 0) is 32.1 Å². The van der Waals surface area contributed by atoms with E-state index in [1.165, 1.54) is 32.1 Å². The number of hydrogen-bond acceptors (Lipinski definition) is 3. The Kier molecular flexibility index (Phi) is 15.9. The predicted molar refractivity (Wildman–Crippen MR) is 101 cm³/mol. The highest BCUT2D eigenvalue weighted by Gasteiger charge is 2.17. The molecule has 2 unspecified atom stereocenters. The maximum atomic E-state index is 11.5. The lowest BCUT2D eigenvalue weighted by Gasteiger charge is -2.19. The third-order valence-electron chi connectivity index (χ3n) is 3.91. The van der Waals surface area contributed by atoms with Gasteiger partial charge in [0.05, 0.1) is 18.8 Å². The molecule has 0 spiro atoms. The van der Waals surface area contributed by atoms with Crippen molar-refractivity contribution >= 4 is 5.91 Å². The minimum absolute atomic E-state index is 0.133. The summed E-state index contributed by atoms with van der Waals surface area (Å²) in [4.78, 5) is 11.5. The van der Waals surface area contributed by atoms with Crippen molar-refractivity contribution in [1.82, 2.24) is 5.32 Å². The summed E-state index contributed by atoms with van der Waals surface area (Å²) in [5.74, 6) is -0.133. The van der Waals surface area contributed by atoms with E-state index in [1.54, 1.807) is 6.08 Å². The van der Waals surface area contributed by atoms with Gasteiger partial charge >= 0.3 is 0 Å². The summed E-state index contributed by atoms with van der Waals surface area (Å²) in [6, 6.07) is -0.626. The average molecular weight is 340 g/mol. The van der Waals surface area contributed by atoms with Crippen LogP contribution in [0, 0.1) is 0 Å². The zero-order chi connectivity index (χ0) is 18.0. The molecule has 24 heavy (non-hydrogen) atoms. The quantitative estimate of drug-likeness (QED) is 0.313. The molecule has 2 atom stereocenters. The second-order valence-electron chi connectivity index (χ2n) is 6.28. The Bertz CT molecular complexity index is 353. The lowest BCUT2D eigenvalue weighted by molar-refractivity contribution is -0.122. The van der Waals surface area contributed by atoms with Crippen LogP contribution in [-0.2, 0) is 4.79 Å². The van der Waals surface area contributed by atoms with Crippen LogP contribution < -0.4 is 5.32 Å². The number of unbranched alkanes of at least 4 members (excludes halogenated alkanes) is 6. The predicted octanol–water partition coefficient (Wildman–Crippen LogP) is 3.88. The maximum absolute atomic E-state index is 11.5. The van der Waals surface area contributed by atoms with Gasteiger partial charge in [-0.3, -0.25) is 4.79 Å². The lowest BCUT2D eigenvalue weighted by atomic mass is 10.1. The molecule has 0 saturated carbocycles. The molecule has 0 saturated heterocycles. The second kappa shape index (κ2) is 16.7. The molecule has 4 heteroatoms. The van der Waals surface area contributed by atoms with Crippen LogP contribution in [0.15, 0.2) is 24.3 Å². The van der Waals surface area contributed by atoms with Crippen LogP contribution in [0.2, 0.25) is 0 Å². The Hall–Kier alpha value is -1.13. The molecule has 0 aliphatic carbocycles. The minimum atomic E-state index is -0.849. The van der Waals surface area contributed by atoms with Crippen molar-refractivity contribution in [1.29, 1.82) is 0 Å². The topological polar surface area (TPSA) is 69.6 Å². The van der Waals surface area contributed by atoms with E-state index in [2.05, 4.69) is 24.4 Å². The molecule has 1 amide bonds. The monoisotopic (exact) mass is 339 g/mol. The number of allylic oxidation sites excluding steroid dienone is 3. The molecule has 0 heterocycles. The fourth-order valence-electron chi connectivity index (χ4n) is 2.41. The van der Waals surface area contributed by atoms with Crippen LogP contribution in [0.3, 0.4) is 0 Å². The highest BCUT2D eigenvalue weighted by molar-refractivity contribution is 5.76. The van der Waals surface area contributed by atoms with Gasteiger partial charge in [0.2, 0.25) is 5.91 Å². The van der Waals surface area contributed by atoms with Gasteiger partial charge in [-0.15, -0.1) is 0 Å². The second-order valence-corrected chi connectivity index (χ2v) is 6.28. The molecule has 0 aliphatic rings. The molecule has 140 valence electrons. The Morgan fingerprint density at radius 3 is 2.29 bits per heavy atom. The Morgan fingerprint density at radius 1 is 0.958 bits per heavy atom. The summed E-state index contributed by atoms with van der Waals surface area (Å²) >= 11 is 0. The van der Waals surface area contributed by atoms with E-state index in [0.29, 0.717) is 6.42 Å². The smallest absolute Gasteiger partial charge is 0.220 e. The zero-order valence-electron chi connectivity index (χ0n) is 15.5. The summed E-state index contributed by atoms with van der Waals surface area (Å²) in [5, 5.41) is 21.9. The number of aliphatic hydroxyl groups excluding tert-OH is 2. The molecule has 0 aliphatic heterocycles. The molecular weight excluding hydrogens is 302 g/mol. The van der Waals surface area contributed by atoms with Crippen LogP contribution in [-0.4, -0.2) is 34.9 Å². The highest BCUT2D eigenvalue weighted by Crippen LogP contribution is 2.06. The Labute approximate surface area is 148 Å². The molecule has 3 N–H and O–H groups in total. The van der Waals surface area contributed by atoms with Crippen LogP contribution in [0.5, 0.6) is 0 Å². The molecular formula is C20H37NO3. The first kappa shape index (κ1) is 22.9. The van der Waals surface area contributed by atoms with Gasteiger partial charge in [0.25, 0.3) is 0 Å². The van der Waals surface area contributed by atoms with E-state index in [4.69, 9.17) is 0 Å². The van der Waals surface area contributed by atoms with Gasteiger partial charge in [-0.2, -0.15) is 0 Å². The van der Waals surface area contributed by atoms with Gasteiger partial charge in [-0.25, -0.2) is 0 Å². The van der Waals surface area contributed by atoms with Crippen molar-refractivity contribution in [3.05, 3.63) is 24.3 Å². The number of aliphatic hydroxyl groups is 2. The summed E-state index contributed by atoms with van der Waals surface area (Å²) in [6.45, 7) is 3.88. The van der Waals surface area contributed by atoms with E-state index < -0.39 is 12.1 Å². The van der Waals surface area contributed by atoms with Gasteiger partial charge < -0.3 is 15.5 Å². The zero-order valence-corrected chi connectivity index (χ0v) is 15.5. The molecule has 0 aromatic rings. The van der Waals surface area contributed by atoms with E-state index in [9.17, 15) is 15.0 Å². The average Bonchev–Trinajstić information content (AvgIpc) is 2.57. The van der Waals surface area contributed by atoms with Crippen molar-refractivity contribution < 1.29 is 15.0 Å². The van der Waals surface area contributed by atoms with Crippen LogP contribution in [0.4, 0.5) is 0 Å². The third kappa shape index (κ3) is 13.3. The maximum Gasteiger partial charge on any atom is 0.220 e. The Balaban J connectivity index is 3.81. The standard InChI is InChI=1S/C20H37NO3/c1-3-5-6-7-8-9-10-11-12-13-14-16-19(23)18(17-22)21-20(24)15-4-2/h10-11,14,16,18-19,22-23H,3-9,12-13,15,17H2,1-2H3,(H,21,24)/b11-10+,16-14+. The first-order chi connectivity index (χ1) is 11.7. The highest BCUT2D eigenvalue weighted by atomic mass is 16.3. The van der Waals surface area contributed by atoms with E-state index in [1.807, 2.05) is 13.0 Å². The molecule has 0 aromatic carbocycles. The fourth-order valence-corrected chi connectivity index (χ4v) is 2.41. The molecule has 0 aromatic heterocycles. The Morgan fingerprint density at radius 2 is 1.62 bits per heavy atom. The summed E-state index contributed by atoms with van der Waals surface area (Å²) in [6.07, 6.45) is 17.8. The van der Waals surface area contributed by atoms with Crippen molar-refractivity contribution in [3.8, 4) is 0 Å². The fraction of sp³-hybridized carbons (Fsp3) is 0.750. The van der Waals surface area contributed by atoms with Crippen LogP contribution >= 0.6 is 0 Å². The minimum Gasteiger partial charge on any atom is -0.394 e. The lowest BCUT2D eigenvalue weighted by Crippen LogP contribution is -2.45.